The number of rotatable bonds is 7. The van der Waals surface area contributed by atoms with Crippen LogP contribution >= 0.6 is 11.8 Å². The molecule has 0 aromatic carbocycles. The zero-order valence-corrected chi connectivity index (χ0v) is 10.9. The minimum atomic E-state index is 0.919. The third kappa shape index (κ3) is 3.44. The third-order valence-electron chi connectivity index (χ3n) is 2.51. The van der Waals surface area contributed by atoms with E-state index in [0.29, 0.717) is 0 Å². The molecule has 0 amide bonds. The van der Waals surface area contributed by atoms with Crippen LogP contribution in [0.25, 0.3) is 5.65 Å². The van der Waals surface area contributed by atoms with Gasteiger partial charge in [0.1, 0.15) is 0 Å². The van der Waals surface area contributed by atoms with Crippen LogP contribution in [0.15, 0.2) is 29.6 Å². The molecule has 0 unspecified atom stereocenters. The molecule has 1 N–H and O–H groups in total. The molecule has 4 nitrogen and oxygen atoms in total. The van der Waals surface area contributed by atoms with Gasteiger partial charge in [-0.3, -0.25) is 4.40 Å². The number of nitrogens with zero attached hydrogens (tertiary/aromatic N) is 3. The summed E-state index contributed by atoms with van der Waals surface area (Å²) in [5.74, 6) is 1.10. The molecule has 0 saturated heterocycles. The van der Waals surface area contributed by atoms with E-state index in [9.17, 15) is 0 Å². The molecule has 0 radical (unpaired) electrons. The summed E-state index contributed by atoms with van der Waals surface area (Å²) in [5, 5.41) is 12.6. The Balaban J connectivity index is 1.79. The molecule has 0 aliphatic rings. The van der Waals surface area contributed by atoms with Crippen LogP contribution in [-0.2, 0) is 0 Å². The topological polar surface area (TPSA) is 42.2 Å². The monoisotopic (exact) mass is 250 g/mol. The standard InChI is InChI=1S/C12H18N4S/c1-2-13-8-4-6-10-17-12-15-14-11-7-3-5-9-16(11)12/h3,5,7,9,13H,2,4,6,8,10H2,1H3. The Kier molecular flexibility index (Phi) is 4.82. The number of hydrogen-bond acceptors (Lipinski definition) is 4. The summed E-state index contributed by atoms with van der Waals surface area (Å²) in [4.78, 5) is 0. The van der Waals surface area contributed by atoms with Crippen molar-refractivity contribution in [2.24, 2.45) is 0 Å². The Hall–Kier alpha value is -1.07. The Labute approximate surface area is 106 Å². The first-order valence-electron chi connectivity index (χ1n) is 6.05. The molecule has 2 aromatic heterocycles. The van der Waals surface area contributed by atoms with Crippen molar-refractivity contribution in [2.45, 2.75) is 24.9 Å². The van der Waals surface area contributed by atoms with Crippen molar-refractivity contribution in [3.05, 3.63) is 24.4 Å². The molecule has 2 rings (SSSR count). The Morgan fingerprint density at radius 2 is 2.24 bits per heavy atom. The number of thioether (sulfide) groups is 1. The van der Waals surface area contributed by atoms with E-state index >= 15 is 0 Å². The molecule has 0 fully saturated rings. The van der Waals surface area contributed by atoms with Gasteiger partial charge in [-0.15, -0.1) is 10.2 Å². The van der Waals surface area contributed by atoms with Crippen molar-refractivity contribution in [2.75, 3.05) is 18.8 Å². The number of unbranched alkanes of at least 4 members (excludes halogenated alkanes) is 1. The number of pyridine rings is 1. The second-order valence-electron chi connectivity index (χ2n) is 3.82. The highest BCUT2D eigenvalue weighted by Gasteiger charge is 2.03. The van der Waals surface area contributed by atoms with Crippen LogP contribution < -0.4 is 5.32 Å². The van der Waals surface area contributed by atoms with Gasteiger partial charge in [-0.1, -0.05) is 24.8 Å². The van der Waals surface area contributed by atoms with Gasteiger partial charge < -0.3 is 5.32 Å². The third-order valence-corrected chi connectivity index (χ3v) is 3.54. The van der Waals surface area contributed by atoms with Crippen molar-refractivity contribution in [3.8, 4) is 0 Å². The average molecular weight is 250 g/mol. The molecule has 0 atom stereocenters. The summed E-state index contributed by atoms with van der Waals surface area (Å²) in [7, 11) is 0. The van der Waals surface area contributed by atoms with Crippen LogP contribution in [0.3, 0.4) is 0 Å². The van der Waals surface area contributed by atoms with E-state index in [0.717, 1.165) is 29.6 Å². The van der Waals surface area contributed by atoms with Gasteiger partial charge >= 0.3 is 0 Å². The quantitative estimate of drug-likeness (QED) is 0.604. The molecule has 2 heterocycles. The van der Waals surface area contributed by atoms with Gasteiger partial charge in [-0.2, -0.15) is 0 Å². The van der Waals surface area contributed by atoms with Gasteiger partial charge in [0.2, 0.25) is 0 Å². The minimum absolute atomic E-state index is 0.919. The maximum atomic E-state index is 4.19. The second kappa shape index (κ2) is 6.61. The average Bonchev–Trinajstić information content (AvgIpc) is 2.77. The molecule has 0 spiro atoms. The molecular weight excluding hydrogens is 232 g/mol. The van der Waals surface area contributed by atoms with E-state index < -0.39 is 0 Å². The molecule has 17 heavy (non-hydrogen) atoms. The maximum Gasteiger partial charge on any atom is 0.195 e. The first kappa shape index (κ1) is 12.4. The van der Waals surface area contributed by atoms with E-state index in [1.165, 1.54) is 12.8 Å². The first-order valence-corrected chi connectivity index (χ1v) is 7.03. The van der Waals surface area contributed by atoms with Gasteiger partial charge in [0.05, 0.1) is 0 Å². The van der Waals surface area contributed by atoms with Crippen molar-refractivity contribution in [1.82, 2.24) is 19.9 Å². The number of hydrogen-bond donors (Lipinski definition) is 1. The van der Waals surface area contributed by atoms with E-state index in [1.807, 2.05) is 28.8 Å². The Morgan fingerprint density at radius 3 is 3.12 bits per heavy atom. The summed E-state index contributed by atoms with van der Waals surface area (Å²) in [5.41, 5.74) is 0.919. The van der Waals surface area contributed by atoms with E-state index in [4.69, 9.17) is 0 Å². The molecule has 2 aromatic rings. The highest BCUT2D eigenvalue weighted by molar-refractivity contribution is 7.99. The van der Waals surface area contributed by atoms with Crippen molar-refractivity contribution < 1.29 is 0 Å². The molecule has 0 saturated carbocycles. The van der Waals surface area contributed by atoms with Crippen molar-refractivity contribution >= 4 is 17.4 Å². The van der Waals surface area contributed by atoms with Crippen LogP contribution in [0.5, 0.6) is 0 Å². The lowest BCUT2D eigenvalue weighted by molar-refractivity contribution is 0.665. The zero-order valence-electron chi connectivity index (χ0n) is 10.1. The molecular formula is C12H18N4S. The molecule has 92 valence electrons. The van der Waals surface area contributed by atoms with Crippen molar-refractivity contribution in [3.63, 3.8) is 0 Å². The largest absolute Gasteiger partial charge is 0.317 e. The Morgan fingerprint density at radius 1 is 1.29 bits per heavy atom. The highest BCUT2D eigenvalue weighted by Crippen LogP contribution is 2.17. The van der Waals surface area contributed by atoms with Gasteiger partial charge in [-0.25, -0.2) is 0 Å². The van der Waals surface area contributed by atoms with Crippen LogP contribution in [0.1, 0.15) is 19.8 Å². The summed E-state index contributed by atoms with van der Waals surface area (Å²) in [6.45, 7) is 4.30. The van der Waals surface area contributed by atoms with Gasteiger partial charge in [0.25, 0.3) is 0 Å². The number of fused-ring (bicyclic) bond motifs is 1. The van der Waals surface area contributed by atoms with Crippen LogP contribution in [0.2, 0.25) is 0 Å². The molecule has 0 aliphatic carbocycles. The lowest BCUT2D eigenvalue weighted by Crippen LogP contribution is -2.13. The summed E-state index contributed by atoms with van der Waals surface area (Å²) >= 11 is 1.78. The SMILES string of the molecule is CCNCCCCSc1nnc2ccccn12. The number of aromatic nitrogens is 3. The van der Waals surface area contributed by atoms with E-state index in [2.05, 4.69) is 22.4 Å². The zero-order chi connectivity index (χ0) is 11.9. The van der Waals surface area contributed by atoms with Crippen LogP contribution in [0.4, 0.5) is 0 Å². The fraction of sp³-hybridized carbons (Fsp3) is 0.500. The maximum absolute atomic E-state index is 4.19. The fourth-order valence-corrected chi connectivity index (χ4v) is 2.53. The summed E-state index contributed by atoms with van der Waals surface area (Å²) in [6, 6.07) is 5.96. The van der Waals surface area contributed by atoms with Crippen LogP contribution in [-0.4, -0.2) is 33.4 Å². The second-order valence-corrected chi connectivity index (χ2v) is 4.88. The van der Waals surface area contributed by atoms with Crippen LogP contribution in [0, 0.1) is 0 Å². The summed E-state index contributed by atoms with van der Waals surface area (Å²) in [6.07, 6.45) is 4.44. The fourth-order valence-electron chi connectivity index (χ4n) is 1.61. The molecule has 0 bridgehead atoms. The first-order chi connectivity index (χ1) is 8.42. The van der Waals surface area contributed by atoms with E-state index in [1.54, 1.807) is 11.8 Å². The normalized spacial score (nSPS) is 11.1. The minimum Gasteiger partial charge on any atom is -0.317 e. The van der Waals surface area contributed by atoms with Crippen molar-refractivity contribution in [1.29, 1.82) is 0 Å². The molecule has 0 aliphatic heterocycles. The predicted molar refractivity (Wildman–Crippen MR) is 71.5 cm³/mol. The lowest BCUT2D eigenvalue weighted by Gasteiger charge is -2.01. The van der Waals surface area contributed by atoms with Gasteiger partial charge in [0, 0.05) is 11.9 Å². The predicted octanol–water partition coefficient (Wildman–Crippen LogP) is 2.21. The lowest BCUT2D eigenvalue weighted by atomic mass is 10.3. The van der Waals surface area contributed by atoms with E-state index in [-0.39, 0.29) is 0 Å². The summed E-state index contributed by atoms with van der Waals surface area (Å²) < 4.78 is 2.04. The van der Waals surface area contributed by atoms with Gasteiger partial charge in [0.15, 0.2) is 10.8 Å². The highest BCUT2D eigenvalue weighted by atomic mass is 32.2. The van der Waals surface area contributed by atoms with Gasteiger partial charge in [-0.05, 0) is 38.1 Å². The molecule has 5 heteroatoms. The Bertz CT molecular complexity index is 454. The smallest absolute Gasteiger partial charge is 0.195 e. The number of nitrogens with one attached hydrogen (secondary N) is 1.